The van der Waals surface area contributed by atoms with E-state index in [1.165, 1.54) is 0 Å². The Labute approximate surface area is 158 Å². The van der Waals surface area contributed by atoms with Crippen molar-refractivity contribution < 1.29 is 18.7 Å². The van der Waals surface area contributed by atoms with Crippen molar-refractivity contribution in [1.29, 1.82) is 0 Å². The van der Waals surface area contributed by atoms with Crippen molar-refractivity contribution in [2.75, 3.05) is 17.7 Å². The molecule has 1 heterocycles. The molecule has 1 aliphatic carbocycles. The third kappa shape index (κ3) is 5.97. The van der Waals surface area contributed by atoms with Crippen molar-refractivity contribution in [1.82, 2.24) is 10.3 Å². The first-order valence-corrected chi connectivity index (χ1v) is 9.03. The summed E-state index contributed by atoms with van der Waals surface area (Å²) < 4.78 is 19.5. The Bertz CT molecular complexity index is 697. The molecule has 2 amide bonds. The molecule has 5 N–H and O–H groups in total. The van der Waals surface area contributed by atoms with Crippen molar-refractivity contribution in [3.05, 3.63) is 17.4 Å². The zero-order valence-corrected chi connectivity index (χ0v) is 16.2. The predicted molar refractivity (Wildman–Crippen MR) is 101 cm³/mol. The Hall–Kier alpha value is -2.58. The molecule has 2 rings (SSSR count). The molecule has 0 spiro atoms. The van der Waals surface area contributed by atoms with Crippen molar-refractivity contribution in [2.24, 2.45) is 5.73 Å². The van der Waals surface area contributed by atoms with Crippen LogP contribution in [-0.4, -0.2) is 41.7 Å². The van der Waals surface area contributed by atoms with Gasteiger partial charge in [0.15, 0.2) is 11.6 Å². The van der Waals surface area contributed by atoms with Crippen molar-refractivity contribution >= 4 is 23.6 Å². The fraction of sp³-hybridized carbons (Fsp3) is 0.611. The molecule has 1 aliphatic rings. The maximum Gasteiger partial charge on any atom is 0.407 e. The maximum atomic E-state index is 14.3. The van der Waals surface area contributed by atoms with E-state index in [4.69, 9.17) is 10.5 Å². The largest absolute Gasteiger partial charge is 0.444 e. The highest BCUT2D eigenvalue weighted by molar-refractivity contribution is 5.97. The molecule has 0 aromatic carbocycles. The monoisotopic (exact) mass is 381 g/mol. The summed E-state index contributed by atoms with van der Waals surface area (Å²) in [4.78, 5) is 27.3. The van der Waals surface area contributed by atoms with Gasteiger partial charge in [-0.1, -0.05) is 0 Å². The second-order valence-corrected chi connectivity index (χ2v) is 7.67. The molecule has 0 bridgehead atoms. The number of primary amides is 1. The molecule has 0 saturated heterocycles. The molecule has 0 unspecified atom stereocenters. The highest BCUT2D eigenvalue weighted by atomic mass is 19.1. The quantitative estimate of drug-likeness (QED) is 0.623. The number of nitrogens with two attached hydrogens (primary N) is 1. The molecule has 150 valence electrons. The lowest BCUT2D eigenvalue weighted by Crippen LogP contribution is -2.42. The predicted octanol–water partition coefficient (Wildman–Crippen LogP) is 2.61. The highest BCUT2D eigenvalue weighted by Gasteiger charge is 2.26. The highest BCUT2D eigenvalue weighted by Crippen LogP contribution is 2.25. The number of carbonyl (C=O) groups is 2. The van der Waals surface area contributed by atoms with E-state index in [2.05, 4.69) is 20.9 Å². The van der Waals surface area contributed by atoms with Gasteiger partial charge in [-0.25, -0.2) is 14.2 Å². The molecule has 0 atom stereocenters. The molecule has 1 saturated carbocycles. The topological polar surface area (TPSA) is 118 Å². The number of carbonyl (C=O) groups excluding carboxylic acids is 2. The van der Waals surface area contributed by atoms with Gasteiger partial charge in [0.25, 0.3) is 5.91 Å². The van der Waals surface area contributed by atoms with E-state index in [1.807, 2.05) is 20.8 Å². The van der Waals surface area contributed by atoms with Crippen molar-refractivity contribution in [3.8, 4) is 0 Å². The molecule has 1 fully saturated rings. The molecule has 1 aromatic heterocycles. The van der Waals surface area contributed by atoms with E-state index in [0.717, 1.165) is 31.7 Å². The number of nitrogens with one attached hydrogen (secondary N) is 3. The Balaban J connectivity index is 1.92. The number of rotatable bonds is 5. The van der Waals surface area contributed by atoms with Gasteiger partial charge in [0.2, 0.25) is 0 Å². The van der Waals surface area contributed by atoms with Gasteiger partial charge >= 0.3 is 6.09 Å². The third-order valence-corrected chi connectivity index (χ3v) is 4.27. The van der Waals surface area contributed by atoms with Crippen LogP contribution in [0.3, 0.4) is 0 Å². The normalized spacial score (nSPS) is 19.9. The van der Waals surface area contributed by atoms with Gasteiger partial charge in [-0.3, -0.25) is 4.79 Å². The lowest BCUT2D eigenvalue weighted by atomic mass is 9.91. The molecule has 0 aliphatic heterocycles. The summed E-state index contributed by atoms with van der Waals surface area (Å²) >= 11 is 0. The lowest BCUT2D eigenvalue weighted by molar-refractivity contribution is 0.0492. The number of aromatic nitrogens is 1. The third-order valence-electron chi connectivity index (χ3n) is 4.27. The number of anilines is 2. The van der Waals surface area contributed by atoms with Crippen LogP contribution >= 0.6 is 0 Å². The van der Waals surface area contributed by atoms with E-state index in [1.54, 1.807) is 7.05 Å². The first-order chi connectivity index (χ1) is 12.6. The minimum atomic E-state index is -0.744. The average Bonchev–Trinajstić information content (AvgIpc) is 2.56. The summed E-state index contributed by atoms with van der Waals surface area (Å²) in [7, 11) is 1.59. The summed E-state index contributed by atoms with van der Waals surface area (Å²) in [5.74, 6) is -1.07. The Kier molecular flexibility index (Phi) is 6.45. The van der Waals surface area contributed by atoms with Crippen LogP contribution < -0.4 is 21.7 Å². The van der Waals surface area contributed by atoms with E-state index >= 15 is 0 Å². The van der Waals surface area contributed by atoms with Gasteiger partial charge in [-0.05, 0) is 52.5 Å². The van der Waals surface area contributed by atoms with Crippen LogP contribution in [0.15, 0.2) is 6.07 Å². The minimum absolute atomic E-state index is 0.00539. The number of nitrogens with zero attached hydrogens (tertiary/aromatic N) is 1. The Morgan fingerprint density at radius 1 is 1.19 bits per heavy atom. The van der Waals surface area contributed by atoms with Gasteiger partial charge in [0, 0.05) is 19.1 Å². The van der Waals surface area contributed by atoms with E-state index in [0.29, 0.717) is 0 Å². The average molecular weight is 381 g/mol. The summed E-state index contributed by atoms with van der Waals surface area (Å²) in [6.07, 6.45) is 2.56. The van der Waals surface area contributed by atoms with Crippen LogP contribution in [0.1, 0.15) is 56.8 Å². The standard InChI is InChI=1S/C18H28FN5O3/c1-18(2,3)27-17(26)23-11-7-5-10(6-8-11)22-16-13(19)9-12(14(20)25)15(21-4)24-16/h9-11H,5-8H2,1-4H3,(H2,20,25)(H,23,26)(H2,21,22,24). The molecule has 9 heteroatoms. The second kappa shape index (κ2) is 8.41. The fourth-order valence-electron chi connectivity index (χ4n) is 3.02. The van der Waals surface area contributed by atoms with Crippen molar-refractivity contribution in [2.45, 2.75) is 64.1 Å². The van der Waals surface area contributed by atoms with Gasteiger partial charge in [0.1, 0.15) is 11.4 Å². The summed E-state index contributed by atoms with van der Waals surface area (Å²) in [5.41, 5.74) is 4.71. The van der Waals surface area contributed by atoms with Gasteiger partial charge in [-0.2, -0.15) is 0 Å². The van der Waals surface area contributed by atoms with E-state index < -0.39 is 23.4 Å². The van der Waals surface area contributed by atoms with Crippen LogP contribution in [-0.2, 0) is 4.74 Å². The van der Waals surface area contributed by atoms with Crippen LogP contribution in [0.5, 0.6) is 0 Å². The van der Waals surface area contributed by atoms with Crippen LogP contribution in [0.25, 0.3) is 0 Å². The molecular formula is C18H28FN5O3. The number of hydrogen-bond donors (Lipinski definition) is 4. The smallest absolute Gasteiger partial charge is 0.407 e. The molecule has 27 heavy (non-hydrogen) atoms. The fourth-order valence-corrected chi connectivity index (χ4v) is 3.02. The Morgan fingerprint density at radius 3 is 2.30 bits per heavy atom. The SMILES string of the molecule is CNc1nc(NC2CCC(NC(=O)OC(C)(C)C)CC2)c(F)cc1C(N)=O. The zero-order chi connectivity index (χ0) is 20.2. The number of amides is 2. The van der Waals surface area contributed by atoms with E-state index in [-0.39, 0.29) is 29.3 Å². The molecule has 8 nitrogen and oxygen atoms in total. The molecule has 1 aromatic rings. The second-order valence-electron chi connectivity index (χ2n) is 7.67. The maximum absolute atomic E-state index is 14.3. The van der Waals surface area contributed by atoms with E-state index in [9.17, 15) is 14.0 Å². The van der Waals surface area contributed by atoms with Gasteiger partial charge in [0.05, 0.1) is 5.56 Å². The number of ether oxygens (including phenoxy) is 1. The minimum Gasteiger partial charge on any atom is -0.444 e. The Morgan fingerprint density at radius 2 is 1.78 bits per heavy atom. The van der Waals surface area contributed by atoms with Crippen molar-refractivity contribution in [3.63, 3.8) is 0 Å². The number of alkyl carbamates (subject to hydrolysis) is 1. The lowest BCUT2D eigenvalue weighted by Gasteiger charge is -2.31. The summed E-state index contributed by atoms with van der Waals surface area (Å²) in [6, 6.07) is 1.13. The molecule has 0 radical (unpaired) electrons. The number of hydrogen-bond acceptors (Lipinski definition) is 6. The van der Waals surface area contributed by atoms with Crippen LogP contribution in [0.2, 0.25) is 0 Å². The van der Waals surface area contributed by atoms with Gasteiger partial charge < -0.3 is 26.4 Å². The van der Waals surface area contributed by atoms with Crippen LogP contribution in [0, 0.1) is 5.82 Å². The molecular weight excluding hydrogens is 353 g/mol. The zero-order valence-electron chi connectivity index (χ0n) is 16.2. The first-order valence-electron chi connectivity index (χ1n) is 9.03. The van der Waals surface area contributed by atoms with Gasteiger partial charge in [-0.15, -0.1) is 0 Å². The summed E-state index contributed by atoms with van der Waals surface area (Å²) in [5, 5.41) is 8.70. The number of pyridine rings is 1. The number of halogens is 1. The summed E-state index contributed by atoms with van der Waals surface area (Å²) in [6.45, 7) is 5.45. The first kappa shape index (κ1) is 20.7. The van der Waals surface area contributed by atoms with Crippen LogP contribution in [0.4, 0.5) is 20.8 Å².